The lowest BCUT2D eigenvalue weighted by Gasteiger charge is -2.15. The molecule has 0 spiro atoms. The molecule has 18 heavy (non-hydrogen) atoms. The maximum Gasteiger partial charge on any atom is 0.189 e. The van der Waals surface area contributed by atoms with Gasteiger partial charge in [-0.3, -0.25) is 0 Å². The number of aromatic hydroxyl groups is 1. The van der Waals surface area contributed by atoms with Crippen LogP contribution in [0.5, 0.6) is 5.75 Å². The molecule has 0 heterocycles. The molecule has 0 aliphatic heterocycles. The number of phenols is 1. The van der Waals surface area contributed by atoms with Crippen LogP contribution in [-0.4, -0.2) is 35.0 Å². The van der Waals surface area contributed by atoms with Crippen molar-refractivity contribution in [3.63, 3.8) is 0 Å². The number of thiocarbonyl (C=S) groups is 1. The Kier molecular flexibility index (Phi) is 6.14. The molecule has 0 aliphatic carbocycles. The van der Waals surface area contributed by atoms with E-state index in [9.17, 15) is 0 Å². The van der Waals surface area contributed by atoms with E-state index < -0.39 is 0 Å². The average Bonchev–Trinajstić information content (AvgIpc) is 2.38. The van der Waals surface area contributed by atoms with Gasteiger partial charge in [0.25, 0.3) is 0 Å². The van der Waals surface area contributed by atoms with E-state index in [1.54, 1.807) is 42.5 Å². The maximum atomic E-state index is 9.16. The van der Waals surface area contributed by atoms with E-state index >= 15 is 0 Å². The Morgan fingerprint density at radius 2 is 2.11 bits per heavy atom. The smallest absolute Gasteiger partial charge is 0.189 e. The third kappa shape index (κ3) is 5.14. The van der Waals surface area contributed by atoms with Gasteiger partial charge in [0.15, 0.2) is 5.11 Å². The van der Waals surface area contributed by atoms with Crippen LogP contribution in [-0.2, 0) is 0 Å². The fourth-order valence-corrected chi connectivity index (χ4v) is 1.40. The molecule has 0 aliphatic rings. The van der Waals surface area contributed by atoms with Gasteiger partial charge in [0.2, 0.25) is 0 Å². The van der Waals surface area contributed by atoms with E-state index in [0.29, 0.717) is 5.11 Å². The molecule has 5 heteroatoms. The van der Waals surface area contributed by atoms with Gasteiger partial charge in [-0.2, -0.15) is 5.10 Å². The van der Waals surface area contributed by atoms with Crippen LogP contribution < -0.4 is 5.32 Å². The van der Waals surface area contributed by atoms with E-state index in [4.69, 9.17) is 17.3 Å². The van der Waals surface area contributed by atoms with E-state index in [-0.39, 0.29) is 5.75 Å². The van der Waals surface area contributed by atoms with Gasteiger partial charge >= 0.3 is 0 Å². The molecule has 98 valence electrons. The lowest BCUT2D eigenvalue weighted by atomic mass is 10.2. The number of nitrogens with one attached hydrogen (secondary N) is 1. The summed E-state index contributed by atoms with van der Waals surface area (Å²) in [6, 6.07) is 6.83. The fourth-order valence-electron chi connectivity index (χ4n) is 1.25. The van der Waals surface area contributed by atoms with Gasteiger partial charge in [-0.05, 0) is 48.5 Å². The van der Waals surface area contributed by atoms with Crippen molar-refractivity contribution in [1.29, 1.82) is 0 Å². The fraction of sp³-hybridized carbons (Fsp3) is 0.385. The number of hydrazone groups is 1. The Hall–Kier alpha value is -1.62. The lowest BCUT2D eigenvalue weighted by molar-refractivity contribution is 0.475. The first-order chi connectivity index (χ1) is 8.63. The molecule has 0 fully saturated rings. The molecule has 0 aromatic heterocycles. The Morgan fingerprint density at radius 3 is 2.72 bits per heavy atom. The maximum absolute atomic E-state index is 9.16. The summed E-state index contributed by atoms with van der Waals surface area (Å²) in [7, 11) is 1.80. The van der Waals surface area contributed by atoms with Gasteiger partial charge in [-0.1, -0.05) is 13.3 Å². The highest BCUT2D eigenvalue weighted by molar-refractivity contribution is 7.80. The number of phenolic OH excluding ortho intramolecular Hbond substituents is 1. The van der Waals surface area contributed by atoms with Crippen LogP contribution >= 0.6 is 12.2 Å². The second kappa shape index (κ2) is 7.66. The van der Waals surface area contributed by atoms with Crippen molar-refractivity contribution < 1.29 is 5.11 Å². The minimum Gasteiger partial charge on any atom is -0.508 e. The molecule has 1 rings (SSSR count). The summed E-state index contributed by atoms with van der Waals surface area (Å²) < 4.78 is 0. The number of nitrogens with zero attached hydrogens (tertiary/aromatic N) is 2. The van der Waals surface area contributed by atoms with Gasteiger partial charge < -0.3 is 10.4 Å². The molecule has 0 saturated carbocycles. The second-order valence-electron chi connectivity index (χ2n) is 3.95. The number of hydrogen-bond donors (Lipinski definition) is 2. The monoisotopic (exact) mass is 265 g/mol. The molecule has 4 nitrogen and oxygen atoms in total. The van der Waals surface area contributed by atoms with Gasteiger partial charge in [0, 0.05) is 13.6 Å². The highest BCUT2D eigenvalue weighted by atomic mass is 32.1. The quantitative estimate of drug-likeness (QED) is 0.371. The molecule has 1 aromatic carbocycles. The van der Waals surface area contributed by atoms with Crippen molar-refractivity contribution in [2.45, 2.75) is 19.8 Å². The zero-order valence-electron chi connectivity index (χ0n) is 10.8. The summed E-state index contributed by atoms with van der Waals surface area (Å²) in [5.41, 5.74) is 0.913. The van der Waals surface area contributed by atoms with E-state index in [1.165, 1.54) is 0 Å². The Balaban J connectivity index is 2.45. The van der Waals surface area contributed by atoms with Crippen molar-refractivity contribution in [2.75, 3.05) is 13.6 Å². The molecule has 0 atom stereocenters. The topological polar surface area (TPSA) is 47.9 Å². The van der Waals surface area contributed by atoms with E-state index in [0.717, 1.165) is 24.9 Å². The van der Waals surface area contributed by atoms with Crippen LogP contribution in [0.1, 0.15) is 25.3 Å². The highest BCUT2D eigenvalue weighted by Gasteiger charge is 1.99. The summed E-state index contributed by atoms with van der Waals surface area (Å²) in [6.45, 7) is 3.01. The van der Waals surface area contributed by atoms with Crippen molar-refractivity contribution >= 4 is 23.5 Å². The average molecular weight is 265 g/mol. The molecule has 1 aromatic rings. The highest BCUT2D eigenvalue weighted by Crippen LogP contribution is 2.07. The van der Waals surface area contributed by atoms with Crippen LogP contribution in [0, 0.1) is 0 Å². The number of rotatable bonds is 5. The number of hydrogen-bond acceptors (Lipinski definition) is 3. The largest absolute Gasteiger partial charge is 0.508 e. The Labute approximate surface area is 113 Å². The zero-order chi connectivity index (χ0) is 13.4. The Bertz CT molecular complexity index is 403. The lowest BCUT2D eigenvalue weighted by Crippen LogP contribution is -2.34. The van der Waals surface area contributed by atoms with Gasteiger partial charge in [0.1, 0.15) is 5.75 Å². The minimum absolute atomic E-state index is 0.247. The van der Waals surface area contributed by atoms with Crippen molar-refractivity contribution in [1.82, 2.24) is 10.3 Å². The van der Waals surface area contributed by atoms with Crippen molar-refractivity contribution in [3.8, 4) is 5.75 Å². The first-order valence-corrected chi connectivity index (χ1v) is 6.39. The van der Waals surface area contributed by atoms with Crippen LogP contribution in [0.15, 0.2) is 29.4 Å². The molecule has 2 N–H and O–H groups in total. The van der Waals surface area contributed by atoms with Crippen LogP contribution in [0.2, 0.25) is 0 Å². The van der Waals surface area contributed by atoms with Crippen LogP contribution in [0.25, 0.3) is 0 Å². The summed E-state index contributed by atoms with van der Waals surface area (Å²) in [5, 5.41) is 18.7. The predicted molar refractivity (Wildman–Crippen MR) is 79.0 cm³/mol. The van der Waals surface area contributed by atoms with Crippen LogP contribution in [0.3, 0.4) is 0 Å². The summed E-state index contributed by atoms with van der Waals surface area (Å²) in [5.74, 6) is 0.247. The minimum atomic E-state index is 0.247. The molecular formula is C13H19N3OS. The molecule has 0 saturated heterocycles. The molecule has 0 amide bonds. The summed E-state index contributed by atoms with van der Waals surface area (Å²) in [6.07, 6.45) is 3.93. The Morgan fingerprint density at radius 1 is 1.44 bits per heavy atom. The van der Waals surface area contributed by atoms with Gasteiger partial charge in [0.05, 0.1) is 6.21 Å². The van der Waals surface area contributed by atoms with E-state index in [1.807, 2.05) is 0 Å². The first kappa shape index (κ1) is 14.4. The summed E-state index contributed by atoms with van der Waals surface area (Å²) in [4.78, 5) is 0. The molecule has 0 radical (unpaired) electrons. The predicted octanol–water partition coefficient (Wildman–Crippen LogP) is 2.33. The van der Waals surface area contributed by atoms with Gasteiger partial charge in [-0.15, -0.1) is 0 Å². The third-order valence-corrected chi connectivity index (χ3v) is 2.78. The van der Waals surface area contributed by atoms with Crippen LogP contribution in [0.4, 0.5) is 0 Å². The van der Waals surface area contributed by atoms with E-state index in [2.05, 4.69) is 17.3 Å². The van der Waals surface area contributed by atoms with Gasteiger partial charge in [-0.25, -0.2) is 5.01 Å². The molecular weight excluding hydrogens is 246 g/mol. The SMILES string of the molecule is CCCCNC(=S)N(C)/N=C/c1ccc(O)cc1. The third-order valence-electron chi connectivity index (χ3n) is 2.37. The second-order valence-corrected chi connectivity index (χ2v) is 4.33. The number of unbranched alkanes of at least 4 members (excludes halogenated alkanes) is 1. The van der Waals surface area contributed by atoms with Crippen molar-refractivity contribution in [2.24, 2.45) is 5.10 Å². The zero-order valence-corrected chi connectivity index (χ0v) is 11.6. The van der Waals surface area contributed by atoms with Crippen molar-refractivity contribution in [3.05, 3.63) is 29.8 Å². The molecule has 0 unspecified atom stereocenters. The number of benzene rings is 1. The first-order valence-electron chi connectivity index (χ1n) is 5.98. The standard InChI is InChI=1S/C13H19N3OS/c1-3-4-9-14-13(18)16(2)15-10-11-5-7-12(17)8-6-11/h5-8,10,17H,3-4,9H2,1-2H3,(H,14,18)/b15-10+. The normalized spacial score (nSPS) is 10.6. The molecule has 0 bridgehead atoms. The summed E-state index contributed by atoms with van der Waals surface area (Å²) >= 11 is 5.19.